The second kappa shape index (κ2) is 8.45. The zero-order chi connectivity index (χ0) is 20.9. The number of H-pyrrole nitrogens is 1. The Bertz CT molecular complexity index is 1210. The summed E-state index contributed by atoms with van der Waals surface area (Å²) in [5, 5.41) is 33.5. The number of aromatic nitrogens is 3. The van der Waals surface area contributed by atoms with E-state index in [9.17, 15) is 18.8 Å². The van der Waals surface area contributed by atoms with Gasteiger partial charge in [0.05, 0.1) is 11.4 Å². The van der Waals surface area contributed by atoms with Gasteiger partial charge in [-0.3, -0.25) is 10.1 Å². The number of aliphatic hydroxyl groups is 1. The molecule has 0 atom stereocenters. The number of nitrogens with one attached hydrogen (secondary N) is 1. The van der Waals surface area contributed by atoms with Crippen molar-refractivity contribution in [1.29, 1.82) is 5.26 Å². The predicted octanol–water partition coefficient (Wildman–Crippen LogP) is 3.75. The molecule has 146 valence electrons. The van der Waals surface area contributed by atoms with Crippen molar-refractivity contribution in [1.82, 2.24) is 15.2 Å². The summed E-state index contributed by atoms with van der Waals surface area (Å²) in [6.45, 7) is 1.42. The van der Waals surface area contributed by atoms with E-state index in [2.05, 4.69) is 25.4 Å². The van der Waals surface area contributed by atoms with Crippen LogP contribution < -0.4 is 0 Å². The molecule has 29 heavy (non-hydrogen) atoms. The van der Waals surface area contributed by atoms with Crippen LogP contribution in [-0.4, -0.2) is 34.5 Å². The Morgan fingerprint density at radius 2 is 1.93 bits per heavy atom. The van der Waals surface area contributed by atoms with Crippen molar-refractivity contribution >= 4 is 21.4 Å². The lowest BCUT2D eigenvalue weighted by Gasteiger charge is -2.05. The minimum absolute atomic E-state index is 0.0333. The van der Waals surface area contributed by atoms with E-state index < -0.39 is 20.6 Å². The normalized spacial score (nSPS) is 12.6. The lowest BCUT2D eigenvalue weighted by molar-refractivity contribution is 0.503. The first-order valence-corrected chi connectivity index (χ1v) is 10.2. The Kier molecular flexibility index (Phi) is 5.80. The van der Waals surface area contributed by atoms with E-state index in [1.165, 1.54) is 19.2 Å². The smallest absolute Gasteiger partial charge is 0.221 e. The average molecular weight is 408 g/mol. The summed E-state index contributed by atoms with van der Waals surface area (Å²) >= 11 is 0. The molecule has 2 N–H and O–H groups in total. The van der Waals surface area contributed by atoms with Gasteiger partial charge in [-0.05, 0) is 12.1 Å². The van der Waals surface area contributed by atoms with Crippen molar-refractivity contribution < 1.29 is 13.5 Å². The molecule has 10 heteroatoms. The van der Waals surface area contributed by atoms with E-state index in [1.54, 1.807) is 36.4 Å². The maximum absolute atomic E-state index is 12.4. The molecule has 3 rings (SSSR count). The summed E-state index contributed by atoms with van der Waals surface area (Å²) in [6.07, 6.45) is 1.41. The number of hydrogen-bond acceptors (Lipinski definition) is 8. The third-order valence-electron chi connectivity index (χ3n) is 3.94. The van der Waals surface area contributed by atoms with Crippen molar-refractivity contribution in [3.8, 4) is 17.3 Å². The summed E-state index contributed by atoms with van der Waals surface area (Å²) < 4.78 is 24.8. The minimum atomic E-state index is -3.93. The second-order valence-electron chi connectivity index (χ2n) is 5.75. The molecule has 9 nitrogen and oxygen atoms in total. The lowest BCUT2D eigenvalue weighted by atomic mass is 10.1. The molecule has 0 amide bonds. The molecule has 2 heterocycles. The first kappa shape index (κ1) is 19.9. The quantitative estimate of drug-likeness (QED) is 0.469. The Balaban J connectivity index is 2.09. The fourth-order valence-corrected chi connectivity index (χ4v) is 3.26. The largest absolute Gasteiger partial charge is 0.503 e. The van der Waals surface area contributed by atoms with Gasteiger partial charge in [-0.1, -0.05) is 43.3 Å². The average Bonchev–Trinajstić information content (AvgIpc) is 3.17. The number of aromatic amines is 1. The monoisotopic (exact) mass is 408 g/mol. The Labute approximate surface area is 167 Å². The molecular weight excluding hydrogens is 392 g/mol. The van der Waals surface area contributed by atoms with Gasteiger partial charge in [0.15, 0.2) is 5.76 Å². The molecule has 3 aromatic rings. The van der Waals surface area contributed by atoms with Crippen LogP contribution in [0.15, 0.2) is 70.0 Å². The molecule has 0 bridgehead atoms. The molecule has 0 saturated carbocycles. The fraction of sp³-hybridized carbons (Fsp3) is 0.105. The van der Waals surface area contributed by atoms with Gasteiger partial charge in [0.25, 0.3) is 0 Å². The zero-order valence-electron chi connectivity index (χ0n) is 15.3. The van der Waals surface area contributed by atoms with Crippen LogP contribution in [0, 0.1) is 11.3 Å². The van der Waals surface area contributed by atoms with Crippen LogP contribution >= 0.6 is 0 Å². The zero-order valence-corrected chi connectivity index (χ0v) is 16.1. The van der Waals surface area contributed by atoms with Gasteiger partial charge in [0, 0.05) is 11.8 Å². The molecular formula is C19H16N6O3S. The number of pyridine rings is 1. The molecule has 0 unspecified atom stereocenters. The molecule has 0 aliphatic rings. The standard InChI is InChI=1S/C19H16N6O3S/c1-2-29(27,28)19(17(26)15-10-6-7-11-21-15)25-24-18-14(12-20)16(22-23-18)13-8-4-3-5-9-13/h3-11,26H,2H2,1H3,(H,22,23)/b19-17+,25-24+. The molecule has 0 spiro atoms. The van der Waals surface area contributed by atoms with Crippen molar-refractivity contribution in [2.45, 2.75) is 6.92 Å². The third kappa shape index (κ3) is 4.20. The summed E-state index contributed by atoms with van der Waals surface area (Å²) in [6, 6.07) is 15.7. The molecule has 1 aromatic carbocycles. The summed E-state index contributed by atoms with van der Waals surface area (Å²) in [5.41, 5.74) is 1.28. The number of hydrogen-bond donors (Lipinski definition) is 2. The highest BCUT2D eigenvalue weighted by atomic mass is 32.2. The first-order chi connectivity index (χ1) is 14.0. The van der Waals surface area contributed by atoms with Crippen LogP contribution in [0.25, 0.3) is 17.0 Å². The van der Waals surface area contributed by atoms with Crippen molar-refractivity contribution in [3.05, 3.63) is 71.0 Å². The van der Waals surface area contributed by atoms with Crippen molar-refractivity contribution in [2.75, 3.05) is 5.75 Å². The highest BCUT2D eigenvalue weighted by Gasteiger charge is 2.23. The number of azo groups is 1. The van der Waals surface area contributed by atoms with E-state index in [0.717, 1.165) is 0 Å². The van der Waals surface area contributed by atoms with E-state index in [4.69, 9.17) is 0 Å². The minimum Gasteiger partial charge on any atom is -0.503 e. The molecule has 0 saturated heterocycles. The topological polar surface area (TPSA) is 144 Å². The summed E-state index contributed by atoms with van der Waals surface area (Å²) in [7, 11) is -3.93. The number of nitriles is 1. The van der Waals surface area contributed by atoms with Gasteiger partial charge >= 0.3 is 0 Å². The maximum atomic E-state index is 12.4. The number of nitrogens with zero attached hydrogens (tertiary/aromatic N) is 5. The van der Waals surface area contributed by atoms with E-state index in [-0.39, 0.29) is 22.8 Å². The predicted molar refractivity (Wildman–Crippen MR) is 107 cm³/mol. The highest BCUT2D eigenvalue weighted by Crippen LogP contribution is 2.29. The van der Waals surface area contributed by atoms with E-state index in [0.29, 0.717) is 11.3 Å². The molecule has 0 fully saturated rings. The Hall–Kier alpha value is -3.84. The van der Waals surface area contributed by atoms with Gasteiger partial charge in [-0.2, -0.15) is 10.4 Å². The Morgan fingerprint density at radius 3 is 2.55 bits per heavy atom. The summed E-state index contributed by atoms with van der Waals surface area (Å²) in [5.74, 6) is -1.03. The van der Waals surface area contributed by atoms with E-state index in [1.807, 2.05) is 12.1 Å². The highest BCUT2D eigenvalue weighted by molar-refractivity contribution is 7.95. The van der Waals surface area contributed by atoms with Crippen molar-refractivity contribution in [3.63, 3.8) is 0 Å². The first-order valence-electron chi connectivity index (χ1n) is 8.51. The number of aliphatic hydroxyl groups excluding tert-OH is 1. The number of benzene rings is 1. The van der Waals surface area contributed by atoms with Gasteiger partial charge in [-0.25, -0.2) is 8.42 Å². The Morgan fingerprint density at radius 1 is 1.21 bits per heavy atom. The molecule has 0 aliphatic heterocycles. The third-order valence-corrected chi connectivity index (χ3v) is 5.57. The van der Waals surface area contributed by atoms with Crippen LogP contribution in [0.4, 0.5) is 5.82 Å². The maximum Gasteiger partial charge on any atom is 0.221 e. The number of rotatable bonds is 6. The lowest BCUT2D eigenvalue weighted by Crippen LogP contribution is -2.08. The van der Waals surface area contributed by atoms with Crippen LogP contribution in [-0.2, 0) is 9.84 Å². The van der Waals surface area contributed by atoms with Crippen LogP contribution in [0.3, 0.4) is 0 Å². The second-order valence-corrected chi connectivity index (χ2v) is 7.94. The number of sulfone groups is 1. The van der Waals surface area contributed by atoms with Crippen LogP contribution in [0.5, 0.6) is 0 Å². The molecule has 0 aliphatic carbocycles. The van der Waals surface area contributed by atoms with E-state index >= 15 is 0 Å². The van der Waals surface area contributed by atoms with Crippen LogP contribution in [0.1, 0.15) is 18.2 Å². The van der Waals surface area contributed by atoms with Gasteiger partial charge in [0.1, 0.15) is 17.3 Å². The summed E-state index contributed by atoms with van der Waals surface area (Å²) in [4.78, 5) is 3.93. The van der Waals surface area contributed by atoms with Gasteiger partial charge in [-0.15, -0.1) is 10.2 Å². The SMILES string of the molecule is CCS(=O)(=O)C(/N=N/c1n[nH]c(-c2ccccc2)c1C#N)=C(/O)c1ccccn1. The molecule has 0 radical (unpaired) electrons. The van der Waals surface area contributed by atoms with Gasteiger partial charge < -0.3 is 5.11 Å². The molecule has 2 aromatic heterocycles. The van der Waals surface area contributed by atoms with Crippen LogP contribution in [0.2, 0.25) is 0 Å². The van der Waals surface area contributed by atoms with Gasteiger partial charge in [0.2, 0.25) is 20.7 Å². The fourth-order valence-electron chi connectivity index (χ4n) is 2.42. The van der Waals surface area contributed by atoms with Crippen molar-refractivity contribution in [2.24, 2.45) is 10.2 Å².